The molecule has 1 saturated heterocycles. The lowest BCUT2D eigenvalue weighted by Gasteiger charge is -2.53. The summed E-state index contributed by atoms with van der Waals surface area (Å²) in [6.07, 6.45) is -9.60. The van der Waals surface area contributed by atoms with Gasteiger partial charge in [0.25, 0.3) is 10.1 Å². The van der Waals surface area contributed by atoms with E-state index in [-0.39, 0.29) is 6.42 Å². The van der Waals surface area contributed by atoms with E-state index in [0.717, 1.165) is 25.7 Å². The zero-order chi connectivity index (χ0) is 29.9. The molecule has 6 rings (SSSR count). The summed E-state index contributed by atoms with van der Waals surface area (Å²) < 4.78 is 129. The minimum atomic E-state index is -6.50. The second-order valence-corrected chi connectivity index (χ2v) is 14.2. The predicted octanol–water partition coefficient (Wildman–Crippen LogP) is 3.61. The molecule has 5 saturated carbocycles. The van der Waals surface area contributed by atoms with Crippen LogP contribution in [0.4, 0.5) is 26.3 Å². The Morgan fingerprint density at radius 3 is 2.29 bits per heavy atom. The highest BCUT2D eigenvalue weighted by Gasteiger charge is 2.78. The predicted molar refractivity (Wildman–Crippen MR) is 121 cm³/mol. The number of carbonyl (C=O) groups is 3. The van der Waals surface area contributed by atoms with Crippen molar-refractivity contribution in [3.63, 3.8) is 0 Å². The lowest BCUT2D eigenvalue weighted by atomic mass is 9.51. The monoisotopic (exact) mass is 618 g/mol. The molecule has 0 aromatic rings. The maximum absolute atomic E-state index is 13.8. The fourth-order valence-electron chi connectivity index (χ4n) is 9.00. The molecule has 1 heterocycles. The van der Waals surface area contributed by atoms with Crippen LogP contribution in [0.5, 0.6) is 0 Å². The average molecular weight is 619 g/mol. The summed E-state index contributed by atoms with van der Waals surface area (Å²) in [6.45, 7) is 0. The van der Waals surface area contributed by atoms with Crippen molar-refractivity contribution in [2.24, 2.45) is 46.8 Å². The van der Waals surface area contributed by atoms with E-state index in [1.54, 1.807) is 0 Å². The minimum Gasteiger partial charge on any atom is -0.458 e. The molecule has 41 heavy (non-hydrogen) atoms. The number of carbonyl (C=O) groups excluding carboxylic acids is 3. The Bertz CT molecular complexity index is 1250. The molecule has 1 aliphatic heterocycles. The van der Waals surface area contributed by atoms with E-state index in [1.165, 1.54) is 0 Å². The minimum absolute atomic E-state index is 0.0531. The second kappa shape index (κ2) is 8.96. The highest BCUT2D eigenvalue weighted by atomic mass is 32.2. The van der Waals surface area contributed by atoms with Crippen LogP contribution < -0.4 is 0 Å². The molecule has 5 bridgehead atoms. The van der Waals surface area contributed by atoms with Crippen molar-refractivity contribution < 1.29 is 67.9 Å². The number of esters is 3. The number of rotatable bonds is 6. The number of fused-ring (bicyclic) bond motifs is 3. The Morgan fingerprint density at radius 2 is 1.66 bits per heavy atom. The molecule has 0 aromatic heterocycles. The summed E-state index contributed by atoms with van der Waals surface area (Å²) in [5.74, 6) is -10.9. The molecule has 16 heteroatoms. The maximum Gasteiger partial charge on any atom is 0.438 e. The zero-order valence-corrected chi connectivity index (χ0v) is 22.3. The third-order valence-corrected chi connectivity index (χ3v) is 11.4. The van der Waals surface area contributed by atoms with Crippen molar-refractivity contribution in [3.05, 3.63) is 0 Å². The Balaban J connectivity index is 1.27. The van der Waals surface area contributed by atoms with Crippen molar-refractivity contribution in [2.45, 2.75) is 81.5 Å². The number of hydrogen-bond donors (Lipinski definition) is 1. The summed E-state index contributed by atoms with van der Waals surface area (Å²) in [7, 11) is -5.98. The van der Waals surface area contributed by atoms with Gasteiger partial charge in [0.2, 0.25) is 0 Å². The van der Waals surface area contributed by atoms with Crippen molar-refractivity contribution in [2.75, 3.05) is 5.75 Å². The normalized spacial score (nSPS) is 41.3. The van der Waals surface area contributed by atoms with E-state index in [9.17, 15) is 49.1 Å². The summed E-state index contributed by atoms with van der Waals surface area (Å²) in [6, 6.07) is 0. The van der Waals surface area contributed by atoms with Crippen LogP contribution in [-0.4, -0.2) is 66.8 Å². The highest BCUT2D eigenvalue weighted by Crippen LogP contribution is 2.62. The van der Waals surface area contributed by atoms with Crippen LogP contribution in [0, 0.1) is 46.8 Å². The molecule has 230 valence electrons. The van der Waals surface area contributed by atoms with Gasteiger partial charge in [0.05, 0.1) is 17.3 Å². The van der Waals surface area contributed by atoms with E-state index in [0.29, 0.717) is 37.0 Å². The van der Waals surface area contributed by atoms with Gasteiger partial charge >= 0.3 is 35.9 Å². The van der Waals surface area contributed by atoms with Crippen molar-refractivity contribution in [1.82, 2.24) is 0 Å². The first-order chi connectivity index (χ1) is 18.9. The summed E-state index contributed by atoms with van der Waals surface area (Å²) in [5, 5.41) is 0. The number of halogens is 6. The molecule has 1 N–H and O–H groups in total. The smallest absolute Gasteiger partial charge is 0.438 e. The fourth-order valence-corrected chi connectivity index (χ4v) is 9.90. The number of ether oxygens (including phenoxy) is 3. The third-order valence-electron chi connectivity index (χ3n) is 10.6. The quantitative estimate of drug-likeness (QED) is 0.205. The Hall–Kier alpha value is -2.10. The van der Waals surface area contributed by atoms with E-state index in [4.69, 9.17) is 14.0 Å². The first-order valence-electron chi connectivity index (χ1n) is 13.6. The Labute approximate surface area is 230 Å². The average Bonchev–Trinajstić information content (AvgIpc) is 3.44. The highest BCUT2D eigenvalue weighted by molar-refractivity contribution is 7.85. The SMILES string of the molecule is O=C1OC2C3CC(C2OC(=O)C24CCC5CCC(CC5C2)C4)C(C(=O)OC(CS(=O)(=O)O)(C(F)(F)F)C(F)(F)F)C13. The van der Waals surface area contributed by atoms with Crippen molar-refractivity contribution in [1.29, 1.82) is 0 Å². The summed E-state index contributed by atoms with van der Waals surface area (Å²) in [4.78, 5) is 39.4. The second-order valence-electron chi connectivity index (χ2n) is 12.8. The summed E-state index contributed by atoms with van der Waals surface area (Å²) in [5.41, 5.74) is -6.39. The molecule has 0 amide bonds. The summed E-state index contributed by atoms with van der Waals surface area (Å²) >= 11 is 0. The number of alkyl halides is 6. The van der Waals surface area contributed by atoms with Gasteiger partial charge in [-0.25, -0.2) is 0 Å². The topological polar surface area (TPSA) is 133 Å². The molecule has 10 unspecified atom stereocenters. The van der Waals surface area contributed by atoms with Gasteiger partial charge in [-0.15, -0.1) is 0 Å². The van der Waals surface area contributed by atoms with E-state index < -0.39 is 93.0 Å². The molecule has 9 nitrogen and oxygen atoms in total. The Kier molecular flexibility index (Phi) is 6.33. The van der Waals surface area contributed by atoms with Gasteiger partial charge in [-0.1, -0.05) is 6.42 Å². The molecular weight excluding hydrogens is 590 g/mol. The molecule has 5 aliphatic carbocycles. The third kappa shape index (κ3) is 4.36. The van der Waals surface area contributed by atoms with Gasteiger partial charge < -0.3 is 14.2 Å². The van der Waals surface area contributed by atoms with Crippen LogP contribution >= 0.6 is 0 Å². The zero-order valence-electron chi connectivity index (χ0n) is 21.4. The van der Waals surface area contributed by atoms with E-state index >= 15 is 0 Å². The molecule has 0 spiro atoms. The first kappa shape index (κ1) is 29.0. The lowest BCUT2D eigenvalue weighted by molar-refractivity contribution is -0.362. The standard InChI is InChI=1S/C25H28F6O9S/c26-24(27,28)23(25(29,30)31,9-41(35,36)37)40-20(33)16-14-6-13-15(16)19(32)38-17(13)18(14)39-21(34)22-4-3-11-2-1-10(7-22)5-12(11)8-22/h10-18H,1-9H2,(H,35,36,37). The van der Waals surface area contributed by atoms with Crippen LogP contribution in [0.25, 0.3) is 0 Å². The first-order valence-corrected chi connectivity index (χ1v) is 15.2. The molecule has 0 radical (unpaired) electrons. The number of hydrogen-bond acceptors (Lipinski definition) is 8. The van der Waals surface area contributed by atoms with Gasteiger partial charge in [-0.2, -0.15) is 34.8 Å². The van der Waals surface area contributed by atoms with Gasteiger partial charge in [0.1, 0.15) is 18.0 Å². The van der Waals surface area contributed by atoms with Gasteiger partial charge in [-0.05, 0) is 62.7 Å². The van der Waals surface area contributed by atoms with Crippen LogP contribution in [-0.2, 0) is 38.7 Å². The largest absolute Gasteiger partial charge is 0.458 e. The lowest BCUT2D eigenvalue weighted by Crippen LogP contribution is -2.64. The van der Waals surface area contributed by atoms with Crippen LogP contribution in [0.15, 0.2) is 0 Å². The van der Waals surface area contributed by atoms with Crippen LogP contribution in [0.1, 0.15) is 51.4 Å². The van der Waals surface area contributed by atoms with Crippen molar-refractivity contribution >= 4 is 28.0 Å². The van der Waals surface area contributed by atoms with Gasteiger partial charge in [0.15, 0.2) is 0 Å². The molecule has 6 aliphatic rings. The maximum atomic E-state index is 13.8. The van der Waals surface area contributed by atoms with Crippen LogP contribution in [0.3, 0.4) is 0 Å². The van der Waals surface area contributed by atoms with Gasteiger partial charge in [0, 0.05) is 11.8 Å². The van der Waals surface area contributed by atoms with Crippen LogP contribution in [0.2, 0.25) is 0 Å². The molecule has 0 aromatic carbocycles. The van der Waals surface area contributed by atoms with Gasteiger partial charge in [-0.3, -0.25) is 18.9 Å². The van der Waals surface area contributed by atoms with E-state index in [1.807, 2.05) is 0 Å². The molecule has 6 fully saturated rings. The van der Waals surface area contributed by atoms with Crippen molar-refractivity contribution in [3.8, 4) is 0 Å². The Morgan fingerprint density at radius 1 is 0.976 bits per heavy atom. The fraction of sp³-hybridized carbons (Fsp3) is 0.880. The van der Waals surface area contributed by atoms with E-state index in [2.05, 4.69) is 4.74 Å². The molecule has 10 atom stereocenters. The molecular formula is C25H28F6O9S.